The van der Waals surface area contributed by atoms with E-state index in [1.165, 1.54) is 7.11 Å². The Labute approximate surface area is 229 Å². The minimum absolute atomic E-state index is 0.0498. The smallest absolute Gasteiger partial charge is 0.264 e. The Hall–Kier alpha value is -3.22. The summed E-state index contributed by atoms with van der Waals surface area (Å²) in [6, 6.07) is 23.5. The zero-order valence-corrected chi connectivity index (χ0v) is 22.7. The molecule has 1 heterocycles. The zero-order chi connectivity index (χ0) is 25.5. The maximum absolute atomic E-state index is 13.1. The fourth-order valence-corrected chi connectivity index (χ4v) is 4.62. The van der Waals surface area contributed by atoms with Crippen LogP contribution in [0.4, 0.5) is 5.69 Å². The summed E-state index contributed by atoms with van der Waals surface area (Å²) in [6.07, 6.45) is 1.54. The molecule has 4 rings (SSSR count). The van der Waals surface area contributed by atoms with Gasteiger partial charge in [0.25, 0.3) is 5.91 Å². The summed E-state index contributed by atoms with van der Waals surface area (Å²) >= 11 is 8.77. The third-order valence-corrected chi connectivity index (χ3v) is 6.90. The van der Waals surface area contributed by atoms with Gasteiger partial charge >= 0.3 is 0 Å². The Morgan fingerprint density at radius 1 is 1.08 bits per heavy atom. The van der Waals surface area contributed by atoms with Crippen LogP contribution in [0, 0.1) is 14.9 Å². The number of carbonyl (C=O) groups is 1. The molecular formula is C28H25ClIN3O3. The maximum atomic E-state index is 13.1. The molecule has 1 aliphatic heterocycles. The average Bonchev–Trinajstić information content (AvgIpc) is 2.92. The van der Waals surface area contributed by atoms with Gasteiger partial charge in [-0.05, 0) is 76.2 Å². The van der Waals surface area contributed by atoms with Crippen LogP contribution in [0.2, 0.25) is 5.02 Å². The van der Waals surface area contributed by atoms with Crippen molar-refractivity contribution in [2.45, 2.75) is 6.61 Å². The number of para-hydroxylation sites is 1. The second kappa shape index (κ2) is 12.2. The molecule has 0 aromatic heterocycles. The molecule has 8 heteroatoms. The first-order chi connectivity index (χ1) is 17.5. The number of methoxy groups -OCH3 is 1. The molecule has 0 radical (unpaired) electrons. The lowest BCUT2D eigenvalue weighted by Crippen LogP contribution is -2.49. The van der Waals surface area contributed by atoms with E-state index in [9.17, 15) is 10.1 Å². The largest absolute Gasteiger partial charge is 0.493 e. The van der Waals surface area contributed by atoms with Crippen LogP contribution >= 0.6 is 34.2 Å². The highest BCUT2D eigenvalue weighted by Gasteiger charge is 2.24. The van der Waals surface area contributed by atoms with Crippen LogP contribution in [-0.4, -0.2) is 44.1 Å². The number of nitrogens with zero attached hydrogens (tertiary/aromatic N) is 3. The van der Waals surface area contributed by atoms with E-state index in [2.05, 4.69) is 45.7 Å². The van der Waals surface area contributed by atoms with E-state index in [-0.39, 0.29) is 11.5 Å². The second-order valence-corrected chi connectivity index (χ2v) is 9.89. The van der Waals surface area contributed by atoms with Crippen LogP contribution in [0.25, 0.3) is 6.08 Å². The molecule has 0 N–H and O–H groups in total. The summed E-state index contributed by atoms with van der Waals surface area (Å²) in [5.41, 5.74) is 2.77. The fraction of sp³-hybridized carbons (Fsp3) is 0.214. The summed E-state index contributed by atoms with van der Waals surface area (Å²) < 4.78 is 12.6. The second-order valence-electron chi connectivity index (χ2n) is 8.23. The van der Waals surface area contributed by atoms with Gasteiger partial charge in [0.15, 0.2) is 11.5 Å². The minimum Gasteiger partial charge on any atom is -0.493 e. The van der Waals surface area contributed by atoms with Gasteiger partial charge in [0, 0.05) is 35.4 Å². The lowest BCUT2D eigenvalue weighted by molar-refractivity contribution is -0.126. The highest BCUT2D eigenvalue weighted by Crippen LogP contribution is 2.37. The molecule has 0 spiro atoms. The van der Waals surface area contributed by atoms with Gasteiger partial charge in [0.05, 0.1) is 12.1 Å². The lowest BCUT2D eigenvalue weighted by Gasteiger charge is -2.36. The SMILES string of the molecule is COc1cc(/C=C(/C#N)C(=O)N2CCN(c3ccccc3)CC2)cc(Cl)c1OCc1ccc(I)cc1. The van der Waals surface area contributed by atoms with Crippen LogP contribution in [0.5, 0.6) is 11.5 Å². The number of carbonyl (C=O) groups excluding carboxylic acids is 1. The van der Waals surface area contributed by atoms with Gasteiger partial charge in [-0.2, -0.15) is 5.26 Å². The topological polar surface area (TPSA) is 65.8 Å². The first-order valence-corrected chi connectivity index (χ1v) is 12.9. The number of hydrogen-bond donors (Lipinski definition) is 0. The number of rotatable bonds is 7. The molecule has 3 aromatic carbocycles. The highest BCUT2D eigenvalue weighted by molar-refractivity contribution is 14.1. The first kappa shape index (κ1) is 25.9. The molecule has 0 bridgehead atoms. The van der Waals surface area contributed by atoms with E-state index in [0.29, 0.717) is 54.9 Å². The van der Waals surface area contributed by atoms with Gasteiger partial charge in [0.1, 0.15) is 18.2 Å². The van der Waals surface area contributed by atoms with E-state index in [1.54, 1.807) is 23.1 Å². The summed E-state index contributed by atoms with van der Waals surface area (Å²) in [5, 5.41) is 10.1. The summed E-state index contributed by atoms with van der Waals surface area (Å²) in [4.78, 5) is 17.0. The zero-order valence-electron chi connectivity index (χ0n) is 19.8. The van der Waals surface area contributed by atoms with E-state index >= 15 is 0 Å². The van der Waals surface area contributed by atoms with Crippen molar-refractivity contribution in [2.75, 3.05) is 38.2 Å². The number of ether oxygens (including phenoxy) is 2. The molecule has 0 unspecified atom stereocenters. The normalized spacial score (nSPS) is 13.8. The number of halogens is 2. The Balaban J connectivity index is 1.46. The van der Waals surface area contributed by atoms with Crippen molar-refractivity contribution in [1.82, 2.24) is 4.90 Å². The number of amides is 1. The monoisotopic (exact) mass is 613 g/mol. The van der Waals surface area contributed by atoms with Crippen LogP contribution in [0.3, 0.4) is 0 Å². The van der Waals surface area contributed by atoms with Crippen molar-refractivity contribution in [1.29, 1.82) is 5.26 Å². The molecule has 184 valence electrons. The van der Waals surface area contributed by atoms with Gasteiger partial charge in [-0.15, -0.1) is 0 Å². The number of hydrogen-bond acceptors (Lipinski definition) is 5. The third kappa shape index (κ3) is 6.31. The summed E-state index contributed by atoms with van der Waals surface area (Å²) in [5.74, 6) is 0.552. The molecule has 1 fully saturated rings. The summed E-state index contributed by atoms with van der Waals surface area (Å²) in [6.45, 7) is 2.84. The van der Waals surface area contributed by atoms with Crippen molar-refractivity contribution in [3.8, 4) is 17.6 Å². The number of benzene rings is 3. The fourth-order valence-electron chi connectivity index (χ4n) is 3.98. The van der Waals surface area contributed by atoms with Gasteiger partial charge < -0.3 is 19.3 Å². The first-order valence-electron chi connectivity index (χ1n) is 11.4. The van der Waals surface area contributed by atoms with E-state index in [0.717, 1.165) is 14.8 Å². The van der Waals surface area contributed by atoms with Gasteiger partial charge in [-0.1, -0.05) is 41.9 Å². The highest BCUT2D eigenvalue weighted by atomic mass is 127. The molecule has 0 atom stereocenters. The van der Waals surface area contributed by atoms with Gasteiger partial charge in [0.2, 0.25) is 0 Å². The number of piperazine rings is 1. The van der Waals surface area contributed by atoms with Gasteiger partial charge in [-0.25, -0.2) is 0 Å². The molecule has 36 heavy (non-hydrogen) atoms. The predicted molar refractivity (Wildman–Crippen MR) is 150 cm³/mol. The molecular weight excluding hydrogens is 589 g/mol. The molecule has 1 amide bonds. The van der Waals surface area contributed by atoms with Crippen molar-refractivity contribution in [3.05, 3.63) is 92.0 Å². The number of anilines is 1. The minimum atomic E-state index is -0.292. The van der Waals surface area contributed by atoms with Crippen LogP contribution in [0.15, 0.2) is 72.3 Å². The predicted octanol–water partition coefficient (Wildman–Crippen LogP) is 5.79. The van der Waals surface area contributed by atoms with Gasteiger partial charge in [-0.3, -0.25) is 4.79 Å². The van der Waals surface area contributed by atoms with Crippen molar-refractivity contribution < 1.29 is 14.3 Å². The van der Waals surface area contributed by atoms with Crippen LogP contribution in [-0.2, 0) is 11.4 Å². The molecule has 6 nitrogen and oxygen atoms in total. The maximum Gasteiger partial charge on any atom is 0.264 e. The third-order valence-electron chi connectivity index (χ3n) is 5.90. The summed E-state index contributed by atoms with van der Waals surface area (Å²) in [7, 11) is 1.53. The van der Waals surface area contributed by atoms with Crippen LogP contribution < -0.4 is 14.4 Å². The van der Waals surface area contributed by atoms with E-state index in [4.69, 9.17) is 21.1 Å². The average molecular weight is 614 g/mol. The number of nitriles is 1. The molecule has 3 aromatic rings. The van der Waals surface area contributed by atoms with E-state index in [1.807, 2.05) is 42.5 Å². The molecule has 1 saturated heterocycles. The Bertz CT molecular complexity index is 1280. The Morgan fingerprint density at radius 3 is 2.42 bits per heavy atom. The molecule has 0 aliphatic carbocycles. The quantitative estimate of drug-likeness (QED) is 0.192. The Kier molecular flexibility index (Phi) is 8.73. The molecule has 1 aliphatic rings. The van der Waals surface area contributed by atoms with E-state index < -0.39 is 0 Å². The van der Waals surface area contributed by atoms with Crippen molar-refractivity contribution in [3.63, 3.8) is 0 Å². The van der Waals surface area contributed by atoms with Crippen molar-refractivity contribution >= 4 is 51.9 Å². The Morgan fingerprint density at radius 2 is 1.78 bits per heavy atom. The molecule has 0 saturated carbocycles. The standard InChI is InChI=1S/C28H25ClIN3O3/c1-35-26-17-21(16-25(29)27(26)36-19-20-7-9-23(30)10-8-20)15-22(18-31)28(34)33-13-11-32(12-14-33)24-5-3-2-4-6-24/h2-10,15-17H,11-14,19H2,1H3/b22-15-. The van der Waals surface area contributed by atoms with Crippen LogP contribution in [0.1, 0.15) is 11.1 Å². The van der Waals surface area contributed by atoms with Crippen molar-refractivity contribution in [2.24, 2.45) is 0 Å². The lowest BCUT2D eigenvalue weighted by atomic mass is 10.1.